The lowest BCUT2D eigenvalue weighted by atomic mass is 10.1. The highest BCUT2D eigenvalue weighted by Gasteiger charge is 2.13. The third-order valence-electron chi connectivity index (χ3n) is 2.52. The minimum Gasteiger partial charge on any atom is -0.308 e. The predicted octanol–water partition coefficient (Wildman–Crippen LogP) is 2.25. The van der Waals surface area contributed by atoms with E-state index in [1.54, 1.807) is 17.2 Å². The molecule has 19 heavy (non-hydrogen) atoms. The average molecular weight is 277 g/mol. The molecule has 2 rings (SSSR count). The Bertz CT molecular complexity index is 544. The Morgan fingerprint density at radius 3 is 2.74 bits per heavy atom. The van der Waals surface area contributed by atoms with Gasteiger partial charge in [-0.1, -0.05) is 6.07 Å². The second-order valence-corrected chi connectivity index (χ2v) is 6.30. The number of hydrogen-bond donors (Lipinski definition) is 1. The second-order valence-electron chi connectivity index (χ2n) is 5.34. The first-order valence-corrected chi connectivity index (χ1v) is 6.98. The molecule has 0 atom stereocenters. The van der Waals surface area contributed by atoms with E-state index in [0.717, 1.165) is 16.7 Å². The quantitative estimate of drug-likeness (QED) is 0.929. The van der Waals surface area contributed by atoms with Gasteiger partial charge in [-0.3, -0.25) is 0 Å². The fourth-order valence-electron chi connectivity index (χ4n) is 1.48. The zero-order valence-corrected chi connectivity index (χ0v) is 12.5. The maximum atomic E-state index is 4.44. The summed E-state index contributed by atoms with van der Waals surface area (Å²) < 4.78 is 1.75. The van der Waals surface area contributed by atoms with Crippen molar-refractivity contribution in [1.29, 1.82) is 0 Å². The van der Waals surface area contributed by atoms with Crippen LogP contribution in [-0.2, 0) is 13.6 Å². The van der Waals surface area contributed by atoms with E-state index in [4.69, 9.17) is 0 Å². The summed E-state index contributed by atoms with van der Waals surface area (Å²) in [5.74, 6) is 0. The third-order valence-corrected chi connectivity index (χ3v) is 3.63. The second kappa shape index (κ2) is 5.71. The van der Waals surface area contributed by atoms with Crippen molar-refractivity contribution >= 4 is 11.8 Å². The van der Waals surface area contributed by atoms with E-state index in [-0.39, 0.29) is 5.54 Å². The van der Waals surface area contributed by atoms with Gasteiger partial charge in [0.05, 0.1) is 0 Å². The number of aromatic nitrogens is 4. The lowest BCUT2D eigenvalue weighted by Gasteiger charge is -2.21. The molecule has 0 fully saturated rings. The summed E-state index contributed by atoms with van der Waals surface area (Å²) in [6, 6.07) is 4.05. The topological polar surface area (TPSA) is 55.6 Å². The summed E-state index contributed by atoms with van der Waals surface area (Å²) in [7, 11) is 1.88. The SMILES string of the molecule is Cn1ncnc1Sc1ncccc1CNC(C)(C)C. The molecule has 0 saturated carbocycles. The smallest absolute Gasteiger partial charge is 0.192 e. The van der Waals surface area contributed by atoms with E-state index in [2.05, 4.69) is 47.2 Å². The van der Waals surface area contributed by atoms with E-state index in [1.165, 1.54) is 17.3 Å². The normalized spacial score (nSPS) is 11.8. The highest BCUT2D eigenvalue weighted by Crippen LogP contribution is 2.26. The largest absolute Gasteiger partial charge is 0.308 e. The molecule has 0 saturated heterocycles. The minimum absolute atomic E-state index is 0.0859. The van der Waals surface area contributed by atoms with Crippen LogP contribution in [0.25, 0.3) is 0 Å². The van der Waals surface area contributed by atoms with Crippen LogP contribution in [0.2, 0.25) is 0 Å². The van der Waals surface area contributed by atoms with Crippen molar-refractivity contribution in [2.24, 2.45) is 7.05 Å². The Morgan fingerprint density at radius 1 is 1.32 bits per heavy atom. The molecule has 2 aromatic heterocycles. The lowest BCUT2D eigenvalue weighted by Crippen LogP contribution is -2.35. The standard InChI is InChI=1S/C13H19N5S/c1-13(2,3)16-8-10-6-5-7-14-11(10)19-12-15-9-17-18(12)4/h5-7,9,16H,8H2,1-4H3. The van der Waals surface area contributed by atoms with Crippen LogP contribution in [0.4, 0.5) is 0 Å². The number of aryl methyl sites for hydroxylation is 1. The molecule has 0 amide bonds. The molecule has 0 bridgehead atoms. The Morgan fingerprint density at radius 2 is 2.11 bits per heavy atom. The molecule has 0 radical (unpaired) electrons. The summed E-state index contributed by atoms with van der Waals surface area (Å²) in [6.45, 7) is 7.24. The van der Waals surface area contributed by atoms with Crippen molar-refractivity contribution in [3.05, 3.63) is 30.2 Å². The van der Waals surface area contributed by atoms with Crippen LogP contribution in [0.1, 0.15) is 26.3 Å². The van der Waals surface area contributed by atoms with Crippen molar-refractivity contribution in [3.63, 3.8) is 0 Å². The monoisotopic (exact) mass is 277 g/mol. The molecular weight excluding hydrogens is 258 g/mol. The average Bonchev–Trinajstić information content (AvgIpc) is 2.73. The van der Waals surface area contributed by atoms with Gasteiger partial charge in [-0.05, 0) is 44.2 Å². The van der Waals surface area contributed by atoms with Crippen molar-refractivity contribution in [1.82, 2.24) is 25.1 Å². The molecule has 1 N–H and O–H groups in total. The molecule has 0 unspecified atom stereocenters. The van der Waals surface area contributed by atoms with Crippen molar-refractivity contribution in [3.8, 4) is 0 Å². The van der Waals surface area contributed by atoms with Crippen LogP contribution < -0.4 is 5.32 Å². The first-order chi connectivity index (χ1) is 8.96. The Balaban J connectivity index is 2.15. The van der Waals surface area contributed by atoms with Gasteiger partial charge in [-0.15, -0.1) is 0 Å². The Labute approximate surface area is 117 Å². The van der Waals surface area contributed by atoms with Gasteiger partial charge in [0, 0.05) is 25.3 Å². The molecule has 5 nitrogen and oxygen atoms in total. The first kappa shape index (κ1) is 14.0. The van der Waals surface area contributed by atoms with E-state index < -0.39 is 0 Å². The number of nitrogens with one attached hydrogen (secondary N) is 1. The van der Waals surface area contributed by atoms with Gasteiger partial charge in [0.1, 0.15) is 11.4 Å². The van der Waals surface area contributed by atoms with E-state index in [9.17, 15) is 0 Å². The minimum atomic E-state index is 0.0859. The lowest BCUT2D eigenvalue weighted by molar-refractivity contribution is 0.422. The molecule has 0 aromatic carbocycles. The van der Waals surface area contributed by atoms with Crippen LogP contribution in [0.3, 0.4) is 0 Å². The molecule has 0 spiro atoms. The van der Waals surface area contributed by atoms with Gasteiger partial charge < -0.3 is 5.32 Å². The molecule has 0 aliphatic rings. The summed E-state index contributed by atoms with van der Waals surface area (Å²) in [5.41, 5.74) is 1.26. The van der Waals surface area contributed by atoms with Crippen LogP contribution in [0.15, 0.2) is 34.8 Å². The summed E-state index contributed by atoms with van der Waals surface area (Å²) in [6.07, 6.45) is 3.36. The van der Waals surface area contributed by atoms with Crippen LogP contribution in [0.5, 0.6) is 0 Å². The van der Waals surface area contributed by atoms with Crippen LogP contribution in [0, 0.1) is 0 Å². The fraction of sp³-hybridized carbons (Fsp3) is 0.462. The maximum Gasteiger partial charge on any atom is 0.192 e. The highest BCUT2D eigenvalue weighted by molar-refractivity contribution is 7.99. The molecule has 0 aliphatic carbocycles. The molecular formula is C13H19N5S. The molecule has 102 valence electrons. The van der Waals surface area contributed by atoms with Gasteiger partial charge in [0.15, 0.2) is 5.16 Å². The number of pyridine rings is 1. The Kier molecular flexibility index (Phi) is 4.21. The number of hydrogen-bond acceptors (Lipinski definition) is 5. The van der Waals surface area contributed by atoms with Crippen molar-refractivity contribution in [2.45, 2.75) is 43.0 Å². The van der Waals surface area contributed by atoms with Gasteiger partial charge in [0.25, 0.3) is 0 Å². The van der Waals surface area contributed by atoms with Gasteiger partial charge in [-0.25, -0.2) is 14.6 Å². The van der Waals surface area contributed by atoms with E-state index in [0.29, 0.717) is 0 Å². The molecule has 2 heterocycles. The van der Waals surface area contributed by atoms with Gasteiger partial charge in [-0.2, -0.15) is 5.10 Å². The predicted molar refractivity (Wildman–Crippen MR) is 76.0 cm³/mol. The fourth-order valence-corrected chi connectivity index (χ4v) is 2.31. The van der Waals surface area contributed by atoms with E-state index >= 15 is 0 Å². The van der Waals surface area contributed by atoms with E-state index in [1.807, 2.05) is 13.1 Å². The molecule has 6 heteroatoms. The first-order valence-electron chi connectivity index (χ1n) is 6.16. The number of rotatable bonds is 4. The van der Waals surface area contributed by atoms with Crippen molar-refractivity contribution in [2.75, 3.05) is 0 Å². The zero-order chi connectivity index (χ0) is 13.9. The number of nitrogens with zero attached hydrogens (tertiary/aromatic N) is 4. The highest BCUT2D eigenvalue weighted by atomic mass is 32.2. The summed E-state index contributed by atoms with van der Waals surface area (Å²) >= 11 is 1.54. The van der Waals surface area contributed by atoms with Crippen LogP contribution in [-0.4, -0.2) is 25.3 Å². The summed E-state index contributed by atoms with van der Waals surface area (Å²) in [5, 5.41) is 9.36. The third kappa shape index (κ3) is 4.04. The van der Waals surface area contributed by atoms with Gasteiger partial charge >= 0.3 is 0 Å². The zero-order valence-electron chi connectivity index (χ0n) is 11.7. The van der Waals surface area contributed by atoms with Gasteiger partial charge in [0.2, 0.25) is 0 Å². The molecule has 0 aliphatic heterocycles. The maximum absolute atomic E-state index is 4.44. The van der Waals surface area contributed by atoms with Crippen LogP contribution >= 0.6 is 11.8 Å². The Hall–Kier alpha value is -1.40. The molecule has 2 aromatic rings. The van der Waals surface area contributed by atoms with Crippen molar-refractivity contribution < 1.29 is 0 Å². The summed E-state index contributed by atoms with van der Waals surface area (Å²) in [4.78, 5) is 8.65.